The van der Waals surface area contributed by atoms with Crippen LogP contribution >= 0.6 is 15.9 Å². The zero-order valence-corrected chi connectivity index (χ0v) is 10.4. The van der Waals surface area contributed by atoms with Crippen LogP contribution in [0.25, 0.3) is 0 Å². The molecule has 1 rings (SSSR count). The highest BCUT2D eigenvalue weighted by Crippen LogP contribution is 2.26. The molecule has 16 heavy (non-hydrogen) atoms. The van der Waals surface area contributed by atoms with Crippen molar-refractivity contribution in [2.45, 2.75) is 6.29 Å². The van der Waals surface area contributed by atoms with E-state index < -0.39 is 18.0 Å². The molecule has 0 heterocycles. The van der Waals surface area contributed by atoms with E-state index in [9.17, 15) is 9.18 Å². The van der Waals surface area contributed by atoms with Gasteiger partial charge in [0.25, 0.3) is 5.91 Å². The summed E-state index contributed by atoms with van der Waals surface area (Å²) in [6.45, 7) is 0. The summed E-state index contributed by atoms with van der Waals surface area (Å²) in [4.78, 5) is 11.0. The molecule has 0 fully saturated rings. The Morgan fingerprint density at radius 1 is 1.44 bits per heavy atom. The van der Waals surface area contributed by atoms with Crippen molar-refractivity contribution in [2.24, 2.45) is 5.73 Å². The lowest BCUT2D eigenvalue weighted by molar-refractivity contribution is -0.106. The minimum atomic E-state index is -0.842. The van der Waals surface area contributed by atoms with E-state index in [0.29, 0.717) is 5.56 Å². The molecule has 0 saturated carbocycles. The van der Waals surface area contributed by atoms with Crippen molar-refractivity contribution in [3.8, 4) is 0 Å². The summed E-state index contributed by atoms with van der Waals surface area (Å²) in [5.74, 6) is -1.53. The molecule has 0 aliphatic carbocycles. The van der Waals surface area contributed by atoms with Crippen LogP contribution in [0.5, 0.6) is 0 Å². The Balaban J connectivity index is 3.28. The largest absolute Gasteiger partial charge is 0.366 e. The first-order chi connectivity index (χ1) is 7.51. The fraction of sp³-hybridized carbons (Fsp3) is 0.300. The van der Waals surface area contributed by atoms with Gasteiger partial charge in [0.05, 0.1) is 10.0 Å². The van der Waals surface area contributed by atoms with Crippen molar-refractivity contribution >= 4 is 21.8 Å². The summed E-state index contributed by atoms with van der Waals surface area (Å²) >= 11 is 3.00. The number of amides is 1. The van der Waals surface area contributed by atoms with Gasteiger partial charge in [0.2, 0.25) is 0 Å². The molecule has 1 aromatic rings. The number of benzene rings is 1. The molecule has 0 aromatic heterocycles. The Kier molecular flexibility index (Phi) is 4.40. The maximum Gasteiger partial charge on any atom is 0.251 e. The monoisotopic (exact) mass is 291 g/mol. The molecule has 1 amide bonds. The molecule has 0 aliphatic heterocycles. The van der Waals surface area contributed by atoms with E-state index in [1.165, 1.54) is 26.4 Å². The third kappa shape index (κ3) is 2.58. The number of halogens is 2. The van der Waals surface area contributed by atoms with Crippen LogP contribution in [0.1, 0.15) is 22.2 Å². The van der Waals surface area contributed by atoms with E-state index in [2.05, 4.69) is 15.9 Å². The Morgan fingerprint density at radius 2 is 2.00 bits per heavy atom. The van der Waals surface area contributed by atoms with Gasteiger partial charge in [0.15, 0.2) is 6.29 Å². The fourth-order valence-electron chi connectivity index (χ4n) is 1.29. The molecule has 0 unspecified atom stereocenters. The SMILES string of the molecule is COC(OC)c1cc(Br)c(F)c(C(N)=O)c1. The van der Waals surface area contributed by atoms with Gasteiger partial charge in [-0.25, -0.2) is 4.39 Å². The number of rotatable bonds is 4. The minimum absolute atomic E-state index is 0.137. The third-order valence-corrected chi connectivity index (χ3v) is 2.59. The first kappa shape index (κ1) is 13.1. The second kappa shape index (κ2) is 5.38. The van der Waals surface area contributed by atoms with Crippen molar-refractivity contribution in [1.82, 2.24) is 0 Å². The molecule has 0 atom stereocenters. The molecule has 0 saturated heterocycles. The molecule has 0 spiro atoms. The molecule has 0 bridgehead atoms. The molecule has 1 aromatic carbocycles. The molecule has 0 aliphatic rings. The summed E-state index contributed by atoms with van der Waals surface area (Å²) in [5.41, 5.74) is 5.36. The van der Waals surface area contributed by atoms with Crippen LogP contribution in [0.15, 0.2) is 16.6 Å². The zero-order valence-electron chi connectivity index (χ0n) is 8.79. The van der Waals surface area contributed by atoms with Crippen molar-refractivity contribution in [3.05, 3.63) is 33.5 Å². The van der Waals surface area contributed by atoms with E-state index in [1.54, 1.807) is 0 Å². The Morgan fingerprint density at radius 3 is 2.44 bits per heavy atom. The number of ether oxygens (including phenoxy) is 2. The van der Waals surface area contributed by atoms with Gasteiger partial charge in [0, 0.05) is 19.8 Å². The van der Waals surface area contributed by atoms with Gasteiger partial charge in [-0.3, -0.25) is 4.79 Å². The van der Waals surface area contributed by atoms with Crippen LogP contribution in [0.3, 0.4) is 0 Å². The molecule has 2 N–H and O–H groups in total. The van der Waals surface area contributed by atoms with Crippen molar-refractivity contribution in [2.75, 3.05) is 14.2 Å². The average molecular weight is 292 g/mol. The molecular weight excluding hydrogens is 281 g/mol. The number of nitrogens with two attached hydrogens (primary N) is 1. The molecular formula is C10H11BrFNO3. The van der Waals surface area contributed by atoms with Crippen LogP contribution in [0.4, 0.5) is 4.39 Å². The summed E-state index contributed by atoms with van der Waals surface area (Å²) in [7, 11) is 2.88. The highest BCUT2D eigenvalue weighted by Gasteiger charge is 2.17. The van der Waals surface area contributed by atoms with Crippen molar-refractivity contribution < 1.29 is 18.7 Å². The van der Waals surface area contributed by atoms with Gasteiger partial charge in [-0.15, -0.1) is 0 Å². The lowest BCUT2D eigenvalue weighted by Gasteiger charge is -2.15. The first-order valence-corrected chi connectivity index (χ1v) is 5.15. The Labute approximate surface area is 101 Å². The maximum atomic E-state index is 13.5. The van der Waals surface area contributed by atoms with E-state index in [-0.39, 0.29) is 10.0 Å². The van der Waals surface area contributed by atoms with E-state index >= 15 is 0 Å². The average Bonchev–Trinajstić information content (AvgIpc) is 2.24. The second-order valence-electron chi connectivity index (χ2n) is 3.03. The molecule has 0 radical (unpaired) electrons. The number of carbonyl (C=O) groups excluding carboxylic acids is 1. The smallest absolute Gasteiger partial charge is 0.251 e. The quantitative estimate of drug-likeness (QED) is 0.863. The number of primary amides is 1. The van der Waals surface area contributed by atoms with Crippen molar-refractivity contribution in [3.63, 3.8) is 0 Å². The molecule has 6 heteroatoms. The van der Waals surface area contributed by atoms with Gasteiger partial charge >= 0.3 is 0 Å². The number of methoxy groups -OCH3 is 2. The van der Waals surface area contributed by atoms with Crippen LogP contribution in [-0.4, -0.2) is 20.1 Å². The molecule has 4 nitrogen and oxygen atoms in total. The zero-order chi connectivity index (χ0) is 12.3. The van der Waals surface area contributed by atoms with Crippen LogP contribution in [-0.2, 0) is 9.47 Å². The van der Waals surface area contributed by atoms with Gasteiger partial charge in [0.1, 0.15) is 5.82 Å². The van der Waals surface area contributed by atoms with Crippen LogP contribution in [0.2, 0.25) is 0 Å². The number of hydrogen-bond acceptors (Lipinski definition) is 3. The standard InChI is InChI=1S/C10H11BrFNO3/c1-15-10(16-2)5-3-6(9(13)14)8(12)7(11)4-5/h3-4,10H,1-2H3,(H2,13,14). The van der Waals surface area contributed by atoms with E-state index in [0.717, 1.165) is 0 Å². The maximum absolute atomic E-state index is 13.5. The predicted molar refractivity (Wildman–Crippen MR) is 59.4 cm³/mol. The summed E-state index contributed by atoms with van der Waals surface area (Å²) in [6.07, 6.45) is -0.671. The topological polar surface area (TPSA) is 61.6 Å². The number of hydrogen-bond donors (Lipinski definition) is 1. The second-order valence-corrected chi connectivity index (χ2v) is 3.89. The lowest BCUT2D eigenvalue weighted by atomic mass is 10.1. The fourth-order valence-corrected chi connectivity index (χ4v) is 1.77. The Hall–Kier alpha value is -0.980. The lowest BCUT2D eigenvalue weighted by Crippen LogP contribution is -2.15. The van der Waals surface area contributed by atoms with E-state index in [1.807, 2.05) is 0 Å². The van der Waals surface area contributed by atoms with Gasteiger partial charge in [-0.05, 0) is 28.1 Å². The number of carbonyl (C=O) groups is 1. The normalized spacial score (nSPS) is 10.8. The van der Waals surface area contributed by atoms with Crippen LogP contribution < -0.4 is 5.73 Å². The summed E-state index contributed by atoms with van der Waals surface area (Å²) < 4.78 is 23.6. The molecule has 88 valence electrons. The highest BCUT2D eigenvalue weighted by atomic mass is 79.9. The Bertz CT molecular complexity index is 407. The van der Waals surface area contributed by atoms with Crippen molar-refractivity contribution in [1.29, 1.82) is 0 Å². The first-order valence-electron chi connectivity index (χ1n) is 4.35. The summed E-state index contributed by atoms with van der Waals surface area (Å²) in [5, 5.41) is 0. The predicted octanol–water partition coefficient (Wildman–Crippen LogP) is 1.98. The highest BCUT2D eigenvalue weighted by molar-refractivity contribution is 9.10. The van der Waals surface area contributed by atoms with Gasteiger partial charge in [-0.2, -0.15) is 0 Å². The minimum Gasteiger partial charge on any atom is -0.366 e. The van der Waals surface area contributed by atoms with E-state index in [4.69, 9.17) is 15.2 Å². The third-order valence-electron chi connectivity index (χ3n) is 2.02. The van der Waals surface area contributed by atoms with Gasteiger partial charge in [-0.1, -0.05) is 0 Å². The van der Waals surface area contributed by atoms with Gasteiger partial charge < -0.3 is 15.2 Å². The van der Waals surface area contributed by atoms with Crippen LogP contribution in [0, 0.1) is 5.82 Å². The summed E-state index contributed by atoms with van der Waals surface area (Å²) in [6, 6.07) is 2.78.